The fourth-order valence-corrected chi connectivity index (χ4v) is 6.12. The molecule has 0 aliphatic carbocycles. The van der Waals surface area contributed by atoms with E-state index in [1.807, 2.05) is 6.92 Å². The maximum atomic E-state index is 14.9. The number of benzene rings is 3. The molecule has 0 N–H and O–H groups in total. The van der Waals surface area contributed by atoms with Crippen LogP contribution in [0.5, 0.6) is 5.75 Å². The molecule has 0 saturated heterocycles. The third kappa shape index (κ3) is 6.65. The van der Waals surface area contributed by atoms with Crippen molar-refractivity contribution in [2.75, 3.05) is 25.2 Å². The van der Waals surface area contributed by atoms with Crippen LogP contribution in [0.25, 0.3) is 0 Å². The number of para-hydroxylation sites is 1. The zero-order chi connectivity index (χ0) is 31.4. The van der Waals surface area contributed by atoms with Crippen molar-refractivity contribution in [2.24, 2.45) is 0 Å². The number of esters is 1. The molecular weight excluding hydrogens is 592 g/mol. The normalized spacial score (nSPS) is 15.5. The van der Waals surface area contributed by atoms with Gasteiger partial charge in [-0.2, -0.15) is 17.5 Å². The maximum Gasteiger partial charge on any atom is 0.417 e. The molecule has 0 aromatic heterocycles. The van der Waals surface area contributed by atoms with Crippen LogP contribution in [0.1, 0.15) is 34.8 Å². The molecule has 13 heteroatoms. The number of amides is 1. The standard InChI is InChI=1S/C30H26F4N2O6S/c1-3-4-7-17-42-21-13-15-22(16-14-21)43(39,40)36-18-20-9-5-6-12-25(20)35(19-26(36)29(38)41-2)28(37)27-23(30(32,33)34)10-8-11-24(27)31/h5-6,8-16,26H,3,17-19H2,1-2H3. The molecule has 0 bridgehead atoms. The second-order valence-electron chi connectivity index (χ2n) is 9.26. The molecule has 0 saturated carbocycles. The van der Waals surface area contributed by atoms with Crippen molar-refractivity contribution in [1.29, 1.82) is 0 Å². The van der Waals surface area contributed by atoms with Crippen LogP contribution in [0.15, 0.2) is 71.6 Å². The Hall–Kier alpha value is -4.41. The van der Waals surface area contributed by atoms with E-state index in [0.29, 0.717) is 24.3 Å². The Morgan fingerprint density at radius 2 is 1.70 bits per heavy atom. The van der Waals surface area contributed by atoms with E-state index < -0.39 is 64.2 Å². The zero-order valence-corrected chi connectivity index (χ0v) is 23.8. The van der Waals surface area contributed by atoms with E-state index in [4.69, 9.17) is 9.47 Å². The van der Waals surface area contributed by atoms with Crippen LogP contribution >= 0.6 is 0 Å². The zero-order valence-electron chi connectivity index (χ0n) is 23.0. The van der Waals surface area contributed by atoms with Gasteiger partial charge in [0.2, 0.25) is 10.0 Å². The number of alkyl halides is 3. The summed E-state index contributed by atoms with van der Waals surface area (Å²) >= 11 is 0. The molecule has 43 heavy (non-hydrogen) atoms. The van der Waals surface area contributed by atoms with Gasteiger partial charge in [0.1, 0.15) is 24.2 Å². The first-order valence-electron chi connectivity index (χ1n) is 12.9. The highest BCUT2D eigenvalue weighted by molar-refractivity contribution is 7.89. The molecule has 0 radical (unpaired) electrons. The highest BCUT2D eigenvalue weighted by Gasteiger charge is 2.44. The van der Waals surface area contributed by atoms with Gasteiger partial charge in [-0.25, -0.2) is 12.8 Å². The minimum absolute atomic E-state index is 0.00687. The molecule has 0 fully saturated rings. The van der Waals surface area contributed by atoms with Crippen molar-refractivity contribution in [1.82, 2.24) is 4.31 Å². The average molecular weight is 619 g/mol. The van der Waals surface area contributed by atoms with Gasteiger partial charge in [0, 0.05) is 18.7 Å². The lowest BCUT2D eigenvalue weighted by atomic mass is 10.0. The summed E-state index contributed by atoms with van der Waals surface area (Å²) in [7, 11) is -3.47. The number of halogens is 4. The summed E-state index contributed by atoms with van der Waals surface area (Å²) < 4.78 is 95.3. The van der Waals surface area contributed by atoms with Gasteiger partial charge in [-0.15, -0.1) is 5.92 Å². The Kier molecular flexibility index (Phi) is 9.42. The van der Waals surface area contributed by atoms with E-state index in [-0.39, 0.29) is 22.8 Å². The van der Waals surface area contributed by atoms with Gasteiger partial charge in [0.25, 0.3) is 5.91 Å². The lowest BCUT2D eigenvalue weighted by Crippen LogP contribution is -2.50. The minimum atomic E-state index is -5.08. The molecule has 1 aliphatic heterocycles. The van der Waals surface area contributed by atoms with Gasteiger partial charge >= 0.3 is 12.1 Å². The lowest BCUT2D eigenvalue weighted by molar-refractivity contribution is -0.145. The van der Waals surface area contributed by atoms with Crippen molar-refractivity contribution < 1.29 is 45.0 Å². The van der Waals surface area contributed by atoms with Crippen molar-refractivity contribution in [3.63, 3.8) is 0 Å². The Morgan fingerprint density at radius 1 is 1.00 bits per heavy atom. The molecule has 4 rings (SSSR count). The summed E-state index contributed by atoms with van der Waals surface area (Å²) in [5.74, 6) is 2.07. The van der Waals surface area contributed by atoms with Crippen LogP contribution in [-0.4, -0.2) is 50.9 Å². The third-order valence-corrected chi connectivity index (χ3v) is 8.48. The van der Waals surface area contributed by atoms with Crippen LogP contribution < -0.4 is 9.64 Å². The molecule has 3 aromatic rings. The number of carbonyl (C=O) groups is 2. The lowest BCUT2D eigenvalue weighted by Gasteiger charge is -2.29. The number of methoxy groups -OCH3 is 1. The van der Waals surface area contributed by atoms with E-state index in [0.717, 1.165) is 22.4 Å². The molecule has 3 aromatic carbocycles. The predicted octanol–water partition coefficient (Wildman–Crippen LogP) is 5.03. The van der Waals surface area contributed by atoms with Crippen LogP contribution in [0.2, 0.25) is 0 Å². The summed E-state index contributed by atoms with van der Waals surface area (Å²) in [5, 5.41) is 0. The van der Waals surface area contributed by atoms with Crippen molar-refractivity contribution in [3.05, 3.63) is 89.2 Å². The highest BCUT2D eigenvalue weighted by Crippen LogP contribution is 2.37. The number of anilines is 1. The molecule has 1 amide bonds. The Labute approximate surface area is 245 Å². The van der Waals surface area contributed by atoms with Crippen molar-refractivity contribution >= 4 is 27.6 Å². The van der Waals surface area contributed by atoms with E-state index >= 15 is 0 Å². The van der Waals surface area contributed by atoms with Crippen molar-refractivity contribution in [2.45, 2.75) is 37.0 Å². The van der Waals surface area contributed by atoms with Gasteiger partial charge in [-0.3, -0.25) is 9.59 Å². The van der Waals surface area contributed by atoms with E-state index in [1.54, 1.807) is 0 Å². The van der Waals surface area contributed by atoms with Crippen LogP contribution in [0.3, 0.4) is 0 Å². The molecule has 0 spiro atoms. The number of nitrogens with zero attached hydrogens (tertiary/aromatic N) is 2. The fourth-order valence-electron chi connectivity index (χ4n) is 4.57. The van der Waals surface area contributed by atoms with Crippen molar-refractivity contribution in [3.8, 4) is 17.6 Å². The van der Waals surface area contributed by atoms with E-state index in [9.17, 15) is 35.6 Å². The molecule has 1 heterocycles. The predicted molar refractivity (Wildman–Crippen MR) is 148 cm³/mol. The topological polar surface area (TPSA) is 93.2 Å². The first-order valence-corrected chi connectivity index (χ1v) is 14.4. The van der Waals surface area contributed by atoms with Gasteiger partial charge in [-0.05, 0) is 48.0 Å². The Morgan fingerprint density at radius 3 is 2.35 bits per heavy atom. The number of fused-ring (bicyclic) bond motifs is 1. The molecule has 8 nitrogen and oxygen atoms in total. The second kappa shape index (κ2) is 12.8. The van der Waals surface area contributed by atoms with Crippen LogP contribution in [0.4, 0.5) is 23.2 Å². The number of carbonyl (C=O) groups excluding carboxylic acids is 2. The van der Waals surface area contributed by atoms with Crippen LogP contribution in [0, 0.1) is 17.7 Å². The maximum absolute atomic E-state index is 14.9. The highest BCUT2D eigenvalue weighted by atomic mass is 32.2. The average Bonchev–Trinajstić information content (AvgIpc) is 3.16. The smallest absolute Gasteiger partial charge is 0.417 e. The summed E-state index contributed by atoms with van der Waals surface area (Å²) in [6.07, 6.45) is -4.43. The number of ether oxygens (including phenoxy) is 2. The first-order chi connectivity index (χ1) is 20.4. The van der Waals surface area contributed by atoms with E-state index in [1.165, 1.54) is 48.5 Å². The molecule has 1 aliphatic rings. The van der Waals surface area contributed by atoms with Gasteiger partial charge < -0.3 is 14.4 Å². The fraction of sp³-hybridized carbons (Fsp3) is 0.267. The molecule has 226 valence electrons. The minimum Gasteiger partial charge on any atom is -0.481 e. The molecule has 1 unspecified atom stereocenters. The van der Waals surface area contributed by atoms with Crippen LogP contribution in [-0.2, 0) is 32.3 Å². The summed E-state index contributed by atoms with van der Waals surface area (Å²) in [6, 6.07) is 11.6. The third-order valence-electron chi connectivity index (χ3n) is 6.61. The Balaban J connectivity index is 1.79. The number of rotatable bonds is 6. The quantitative estimate of drug-likeness (QED) is 0.219. The molecular formula is C30H26F4N2O6S. The first kappa shape index (κ1) is 31.5. The number of hydrogen-bond donors (Lipinski definition) is 0. The second-order valence-corrected chi connectivity index (χ2v) is 11.2. The monoisotopic (exact) mass is 618 g/mol. The summed E-state index contributed by atoms with van der Waals surface area (Å²) in [5.41, 5.74) is -2.58. The summed E-state index contributed by atoms with van der Waals surface area (Å²) in [4.78, 5) is 27.3. The SMILES string of the molecule is CCC#CCOc1ccc(S(=O)(=O)N2Cc3ccccc3N(C(=O)c3c(F)cccc3C(F)(F)F)CC2C(=O)OC)cc1. The van der Waals surface area contributed by atoms with Gasteiger partial charge in [0.15, 0.2) is 0 Å². The van der Waals surface area contributed by atoms with Gasteiger partial charge in [0.05, 0.1) is 29.7 Å². The molecule has 1 atom stereocenters. The number of sulfonamides is 1. The van der Waals surface area contributed by atoms with Gasteiger partial charge in [-0.1, -0.05) is 37.1 Å². The van der Waals surface area contributed by atoms with E-state index in [2.05, 4.69) is 11.8 Å². The largest absolute Gasteiger partial charge is 0.481 e. The Bertz CT molecular complexity index is 1680. The summed E-state index contributed by atoms with van der Waals surface area (Å²) in [6.45, 7) is 0.764. The number of hydrogen-bond acceptors (Lipinski definition) is 6.